The zero-order valence-corrected chi connectivity index (χ0v) is 10.0. The largest absolute Gasteiger partial charge is 0.508 e. The van der Waals surface area contributed by atoms with Crippen molar-refractivity contribution >= 4 is 5.78 Å². The molecule has 0 bridgehead atoms. The van der Waals surface area contributed by atoms with Gasteiger partial charge in [0.25, 0.3) is 0 Å². The molecule has 1 aliphatic rings. The maximum Gasteiger partial charge on any atom is 0.176 e. The highest BCUT2D eigenvalue weighted by Crippen LogP contribution is 2.16. The van der Waals surface area contributed by atoms with Crippen molar-refractivity contribution in [3.05, 3.63) is 60.1 Å². The number of carbonyl (C=O) groups excluding carboxylic acids is 1. The molecule has 0 unspecified atom stereocenters. The molecule has 0 amide bonds. The molecule has 18 heavy (non-hydrogen) atoms. The number of hydrogen-bond donors (Lipinski definition) is 2. The van der Waals surface area contributed by atoms with Crippen molar-refractivity contribution in [2.75, 3.05) is 0 Å². The van der Waals surface area contributed by atoms with E-state index in [0.29, 0.717) is 12.0 Å². The third-order valence-corrected chi connectivity index (χ3v) is 2.90. The molecule has 0 spiro atoms. The van der Waals surface area contributed by atoms with Crippen LogP contribution in [0.2, 0.25) is 0 Å². The molecule has 3 heteroatoms. The Balaban J connectivity index is 2.01. The fourth-order valence-electron chi connectivity index (χ4n) is 1.89. The van der Waals surface area contributed by atoms with E-state index in [0.717, 1.165) is 12.0 Å². The van der Waals surface area contributed by atoms with Crippen LogP contribution in [0.25, 0.3) is 0 Å². The Morgan fingerprint density at radius 1 is 1.33 bits per heavy atom. The summed E-state index contributed by atoms with van der Waals surface area (Å²) >= 11 is 0. The molecule has 1 radical (unpaired) electrons. The first-order chi connectivity index (χ1) is 8.66. The van der Waals surface area contributed by atoms with E-state index < -0.39 is 6.04 Å². The first-order valence-electron chi connectivity index (χ1n) is 5.94. The van der Waals surface area contributed by atoms with Gasteiger partial charge >= 0.3 is 0 Å². The highest BCUT2D eigenvalue weighted by molar-refractivity contribution is 6.01. The van der Waals surface area contributed by atoms with Crippen molar-refractivity contribution in [2.45, 2.75) is 18.9 Å². The SMILES string of the molecule is N[C@@H](Cc1ccc(O)cc1)C(=O)C1=CC=CC[CH]1. The topological polar surface area (TPSA) is 63.3 Å². The van der Waals surface area contributed by atoms with Crippen molar-refractivity contribution < 1.29 is 9.90 Å². The lowest BCUT2D eigenvalue weighted by Gasteiger charge is -2.14. The summed E-state index contributed by atoms with van der Waals surface area (Å²) in [5.74, 6) is 0.180. The molecular weight excluding hydrogens is 226 g/mol. The van der Waals surface area contributed by atoms with Gasteiger partial charge in [-0.25, -0.2) is 0 Å². The molecule has 0 saturated carbocycles. The van der Waals surface area contributed by atoms with E-state index in [-0.39, 0.29) is 11.5 Å². The van der Waals surface area contributed by atoms with Crippen molar-refractivity contribution in [1.29, 1.82) is 0 Å². The lowest BCUT2D eigenvalue weighted by Crippen LogP contribution is -2.34. The molecule has 93 valence electrons. The third kappa shape index (κ3) is 3.08. The highest BCUT2D eigenvalue weighted by atomic mass is 16.3. The number of phenolic OH excluding ortho intramolecular Hbond substituents is 1. The van der Waals surface area contributed by atoms with E-state index in [1.165, 1.54) is 0 Å². The lowest BCUT2D eigenvalue weighted by molar-refractivity contribution is -0.116. The number of benzene rings is 1. The fraction of sp³-hybridized carbons (Fsp3) is 0.200. The number of Topliss-reactive ketones (excluding diaryl/α,β-unsaturated/α-hetero) is 1. The Morgan fingerprint density at radius 2 is 2.06 bits per heavy atom. The summed E-state index contributed by atoms with van der Waals surface area (Å²) in [7, 11) is 0. The van der Waals surface area contributed by atoms with Gasteiger partial charge in [-0.2, -0.15) is 0 Å². The minimum absolute atomic E-state index is 0.0348. The van der Waals surface area contributed by atoms with Crippen LogP contribution in [0.5, 0.6) is 5.75 Å². The molecular formula is C15H16NO2. The zero-order valence-electron chi connectivity index (χ0n) is 10.0. The van der Waals surface area contributed by atoms with Gasteiger partial charge in [-0.15, -0.1) is 0 Å². The van der Waals surface area contributed by atoms with E-state index in [1.807, 2.05) is 18.6 Å². The molecule has 2 rings (SSSR count). The van der Waals surface area contributed by atoms with Crippen LogP contribution < -0.4 is 5.73 Å². The van der Waals surface area contributed by atoms with Gasteiger partial charge < -0.3 is 10.8 Å². The molecule has 1 aliphatic carbocycles. The quantitative estimate of drug-likeness (QED) is 0.848. The Hall–Kier alpha value is -1.87. The van der Waals surface area contributed by atoms with Gasteiger partial charge in [0.15, 0.2) is 5.78 Å². The van der Waals surface area contributed by atoms with E-state index in [4.69, 9.17) is 5.73 Å². The second-order valence-electron chi connectivity index (χ2n) is 4.33. The first kappa shape index (κ1) is 12.6. The summed E-state index contributed by atoms with van der Waals surface area (Å²) in [6.45, 7) is 0. The Kier molecular flexibility index (Phi) is 3.95. The van der Waals surface area contributed by atoms with Crippen molar-refractivity contribution in [1.82, 2.24) is 0 Å². The zero-order chi connectivity index (χ0) is 13.0. The normalized spacial score (nSPS) is 16.2. The monoisotopic (exact) mass is 242 g/mol. The van der Waals surface area contributed by atoms with Crippen LogP contribution in [0, 0.1) is 6.42 Å². The van der Waals surface area contributed by atoms with Gasteiger partial charge in [0.2, 0.25) is 0 Å². The molecule has 0 fully saturated rings. The number of nitrogens with two attached hydrogens (primary N) is 1. The number of rotatable bonds is 4. The number of hydrogen-bond acceptors (Lipinski definition) is 3. The van der Waals surface area contributed by atoms with Gasteiger partial charge in [-0.1, -0.05) is 30.4 Å². The molecule has 3 N–H and O–H groups in total. The lowest BCUT2D eigenvalue weighted by atomic mass is 9.93. The first-order valence-corrected chi connectivity index (χ1v) is 5.94. The summed E-state index contributed by atoms with van der Waals surface area (Å²) in [4.78, 5) is 12.1. The van der Waals surface area contributed by atoms with Gasteiger partial charge in [0, 0.05) is 5.57 Å². The van der Waals surface area contributed by atoms with E-state index >= 15 is 0 Å². The average molecular weight is 242 g/mol. The number of ketones is 1. The van der Waals surface area contributed by atoms with Crippen molar-refractivity contribution in [3.63, 3.8) is 0 Å². The fourth-order valence-corrected chi connectivity index (χ4v) is 1.89. The van der Waals surface area contributed by atoms with Crippen LogP contribution in [0.4, 0.5) is 0 Å². The molecule has 0 heterocycles. The van der Waals surface area contributed by atoms with Gasteiger partial charge in [0.05, 0.1) is 6.04 Å². The number of phenols is 1. The van der Waals surface area contributed by atoms with Crippen molar-refractivity contribution in [2.24, 2.45) is 5.73 Å². The average Bonchev–Trinajstić information content (AvgIpc) is 2.41. The summed E-state index contributed by atoms with van der Waals surface area (Å²) < 4.78 is 0. The Labute approximate surface area is 107 Å². The third-order valence-electron chi connectivity index (χ3n) is 2.90. The molecule has 3 nitrogen and oxygen atoms in total. The molecule has 1 aromatic carbocycles. The van der Waals surface area contributed by atoms with E-state index in [1.54, 1.807) is 30.3 Å². The van der Waals surface area contributed by atoms with Crippen LogP contribution in [-0.2, 0) is 11.2 Å². The standard InChI is InChI=1S/C15H16NO2/c16-14(10-11-6-8-13(17)9-7-11)15(18)12-4-2-1-3-5-12/h1-2,4-9,14,17H,3,10,16H2/t14-/m0/s1. The predicted octanol–water partition coefficient (Wildman–Crippen LogP) is 1.92. The number of aromatic hydroxyl groups is 1. The summed E-state index contributed by atoms with van der Waals surface area (Å²) in [5, 5.41) is 9.18. The maximum atomic E-state index is 12.1. The Bertz CT molecular complexity index is 486. The second kappa shape index (κ2) is 5.65. The van der Waals surface area contributed by atoms with Gasteiger partial charge in [-0.05, 0) is 37.0 Å². The second-order valence-corrected chi connectivity index (χ2v) is 4.33. The molecule has 0 aromatic heterocycles. The maximum absolute atomic E-state index is 12.1. The summed E-state index contributed by atoms with van der Waals surface area (Å²) in [6.07, 6.45) is 8.81. The van der Waals surface area contributed by atoms with Gasteiger partial charge in [-0.3, -0.25) is 4.79 Å². The predicted molar refractivity (Wildman–Crippen MR) is 70.9 cm³/mol. The smallest absolute Gasteiger partial charge is 0.176 e. The summed E-state index contributed by atoms with van der Waals surface area (Å²) in [5.41, 5.74) is 7.55. The van der Waals surface area contributed by atoms with E-state index in [9.17, 15) is 9.90 Å². The van der Waals surface area contributed by atoms with Crippen LogP contribution >= 0.6 is 0 Å². The molecule has 1 aromatic rings. The minimum Gasteiger partial charge on any atom is -0.508 e. The molecule has 0 aliphatic heterocycles. The highest BCUT2D eigenvalue weighted by Gasteiger charge is 2.18. The van der Waals surface area contributed by atoms with Gasteiger partial charge in [0.1, 0.15) is 5.75 Å². The summed E-state index contributed by atoms with van der Waals surface area (Å²) in [6, 6.07) is 6.22. The number of carbonyl (C=O) groups is 1. The molecule has 0 saturated heterocycles. The van der Waals surface area contributed by atoms with E-state index in [2.05, 4.69) is 0 Å². The molecule has 1 atom stereocenters. The van der Waals surface area contributed by atoms with Crippen LogP contribution in [0.3, 0.4) is 0 Å². The number of allylic oxidation sites excluding steroid dienone is 3. The Morgan fingerprint density at radius 3 is 2.67 bits per heavy atom. The minimum atomic E-state index is -0.538. The van der Waals surface area contributed by atoms with Crippen LogP contribution in [0.1, 0.15) is 12.0 Å². The van der Waals surface area contributed by atoms with Crippen LogP contribution in [0.15, 0.2) is 48.1 Å². The van der Waals surface area contributed by atoms with Crippen LogP contribution in [-0.4, -0.2) is 16.9 Å². The van der Waals surface area contributed by atoms with Crippen molar-refractivity contribution in [3.8, 4) is 5.75 Å².